The van der Waals surface area contributed by atoms with E-state index in [2.05, 4.69) is 10.1 Å². The molecule has 1 heterocycles. The predicted octanol–water partition coefficient (Wildman–Crippen LogP) is 2.68. The molecule has 0 fully saturated rings. The molecule has 2 rings (SSSR count). The predicted molar refractivity (Wildman–Crippen MR) is 64.2 cm³/mol. The highest BCUT2D eigenvalue weighted by molar-refractivity contribution is 5.39. The Morgan fingerprint density at radius 1 is 1.32 bits per heavy atom. The van der Waals surface area contributed by atoms with E-state index in [0.29, 0.717) is 19.6 Å². The summed E-state index contributed by atoms with van der Waals surface area (Å²) in [5, 5.41) is 3.25. The van der Waals surface area contributed by atoms with Crippen molar-refractivity contribution in [1.82, 2.24) is 5.32 Å². The van der Waals surface area contributed by atoms with Crippen LogP contribution in [0.1, 0.15) is 18.0 Å². The molecule has 1 aromatic rings. The second kappa shape index (κ2) is 6.25. The normalized spacial score (nSPS) is 18.2. The second-order valence-corrected chi connectivity index (χ2v) is 4.38. The Morgan fingerprint density at radius 3 is 2.89 bits per heavy atom. The lowest BCUT2D eigenvalue weighted by Gasteiger charge is -2.12. The van der Waals surface area contributed by atoms with Crippen LogP contribution < -0.4 is 10.1 Å². The van der Waals surface area contributed by atoms with Crippen molar-refractivity contribution in [2.45, 2.75) is 18.6 Å². The third kappa shape index (κ3) is 4.40. The maximum atomic E-state index is 11.8. The Bertz CT molecular complexity index is 409. The van der Waals surface area contributed by atoms with Crippen LogP contribution in [0.15, 0.2) is 24.3 Å². The van der Waals surface area contributed by atoms with Gasteiger partial charge in [-0.2, -0.15) is 13.2 Å². The zero-order chi connectivity index (χ0) is 13.7. The molecule has 0 spiro atoms. The molecule has 0 radical (unpaired) electrons. The van der Waals surface area contributed by atoms with Gasteiger partial charge in [0.25, 0.3) is 0 Å². The van der Waals surface area contributed by atoms with Gasteiger partial charge in [-0.1, -0.05) is 18.2 Å². The SMILES string of the molecule is FC(F)(F)COCCCNC1COc2ccccc21. The first-order valence-electron chi connectivity index (χ1n) is 6.16. The molecule has 1 unspecified atom stereocenters. The highest BCUT2D eigenvalue weighted by atomic mass is 19.4. The van der Waals surface area contributed by atoms with Gasteiger partial charge in [-0.05, 0) is 19.0 Å². The Labute approximate surface area is 109 Å². The van der Waals surface area contributed by atoms with E-state index in [4.69, 9.17) is 4.74 Å². The number of benzene rings is 1. The monoisotopic (exact) mass is 275 g/mol. The van der Waals surface area contributed by atoms with E-state index in [-0.39, 0.29) is 12.6 Å². The number of rotatable bonds is 6. The Morgan fingerprint density at radius 2 is 2.11 bits per heavy atom. The number of para-hydroxylation sites is 1. The van der Waals surface area contributed by atoms with Crippen molar-refractivity contribution >= 4 is 0 Å². The summed E-state index contributed by atoms with van der Waals surface area (Å²) in [4.78, 5) is 0. The summed E-state index contributed by atoms with van der Waals surface area (Å²) in [7, 11) is 0. The van der Waals surface area contributed by atoms with Gasteiger partial charge in [0, 0.05) is 12.2 Å². The van der Waals surface area contributed by atoms with Crippen LogP contribution in [0.3, 0.4) is 0 Å². The Hall–Kier alpha value is -1.27. The number of alkyl halides is 3. The summed E-state index contributed by atoms with van der Waals surface area (Å²) < 4.78 is 45.5. The molecule has 0 saturated heterocycles. The van der Waals surface area contributed by atoms with Gasteiger partial charge in [-0.25, -0.2) is 0 Å². The molecule has 1 N–H and O–H groups in total. The van der Waals surface area contributed by atoms with Gasteiger partial charge in [0.1, 0.15) is 19.0 Å². The number of hydrogen-bond acceptors (Lipinski definition) is 3. The minimum Gasteiger partial charge on any atom is -0.491 e. The van der Waals surface area contributed by atoms with Crippen LogP contribution >= 0.6 is 0 Å². The number of hydrogen-bond donors (Lipinski definition) is 1. The van der Waals surface area contributed by atoms with Gasteiger partial charge in [0.05, 0.1) is 6.04 Å². The molecule has 1 aliphatic heterocycles. The summed E-state index contributed by atoms with van der Waals surface area (Å²) in [6, 6.07) is 7.85. The maximum absolute atomic E-state index is 11.8. The van der Waals surface area contributed by atoms with E-state index >= 15 is 0 Å². The molecule has 6 heteroatoms. The van der Waals surface area contributed by atoms with Crippen LogP contribution in [0.4, 0.5) is 13.2 Å². The van der Waals surface area contributed by atoms with Crippen molar-refractivity contribution in [3.05, 3.63) is 29.8 Å². The first-order chi connectivity index (χ1) is 9.06. The fourth-order valence-corrected chi connectivity index (χ4v) is 1.97. The molecule has 0 saturated carbocycles. The van der Waals surface area contributed by atoms with Gasteiger partial charge in [0.2, 0.25) is 0 Å². The molecule has 19 heavy (non-hydrogen) atoms. The largest absolute Gasteiger partial charge is 0.491 e. The average Bonchev–Trinajstić information content (AvgIpc) is 2.76. The number of ether oxygens (including phenoxy) is 2. The summed E-state index contributed by atoms with van der Waals surface area (Å²) in [6.07, 6.45) is -3.71. The minimum absolute atomic E-state index is 0.0989. The van der Waals surface area contributed by atoms with Crippen LogP contribution in [-0.4, -0.2) is 32.5 Å². The van der Waals surface area contributed by atoms with Crippen LogP contribution in [-0.2, 0) is 4.74 Å². The summed E-state index contributed by atoms with van der Waals surface area (Å²) in [5.74, 6) is 0.869. The van der Waals surface area contributed by atoms with E-state index in [1.54, 1.807) is 0 Å². The van der Waals surface area contributed by atoms with E-state index < -0.39 is 12.8 Å². The highest BCUT2D eigenvalue weighted by Crippen LogP contribution is 2.31. The molecule has 106 valence electrons. The van der Waals surface area contributed by atoms with Gasteiger partial charge >= 0.3 is 6.18 Å². The first kappa shape index (κ1) is 14.1. The second-order valence-electron chi connectivity index (χ2n) is 4.38. The highest BCUT2D eigenvalue weighted by Gasteiger charge is 2.27. The van der Waals surface area contributed by atoms with Crippen molar-refractivity contribution in [3.8, 4) is 5.75 Å². The van der Waals surface area contributed by atoms with Gasteiger partial charge in [-0.3, -0.25) is 0 Å². The lowest BCUT2D eigenvalue weighted by molar-refractivity contribution is -0.173. The standard InChI is InChI=1S/C13H16F3NO2/c14-13(15,16)9-18-7-3-6-17-11-8-19-12-5-2-1-4-10(11)12/h1-2,4-5,11,17H,3,6-9H2. The lowest BCUT2D eigenvalue weighted by Crippen LogP contribution is -2.25. The minimum atomic E-state index is -4.24. The molecule has 0 aromatic heterocycles. The summed E-state index contributed by atoms with van der Waals surface area (Å²) >= 11 is 0. The van der Waals surface area contributed by atoms with E-state index in [1.807, 2.05) is 24.3 Å². The Kier molecular flexibility index (Phi) is 4.66. The van der Waals surface area contributed by atoms with Crippen LogP contribution in [0.2, 0.25) is 0 Å². The third-order valence-corrected chi connectivity index (χ3v) is 2.82. The first-order valence-corrected chi connectivity index (χ1v) is 6.16. The summed E-state index contributed by atoms with van der Waals surface area (Å²) in [5.41, 5.74) is 1.10. The smallest absolute Gasteiger partial charge is 0.411 e. The molecular weight excluding hydrogens is 259 g/mol. The van der Waals surface area contributed by atoms with Crippen molar-refractivity contribution in [2.24, 2.45) is 0 Å². The summed E-state index contributed by atoms with van der Waals surface area (Å²) in [6.45, 7) is 0.0765. The van der Waals surface area contributed by atoms with Gasteiger partial charge in [-0.15, -0.1) is 0 Å². The zero-order valence-electron chi connectivity index (χ0n) is 10.4. The third-order valence-electron chi connectivity index (χ3n) is 2.82. The van der Waals surface area contributed by atoms with Crippen molar-refractivity contribution in [3.63, 3.8) is 0 Å². The number of halogens is 3. The fourth-order valence-electron chi connectivity index (χ4n) is 1.97. The lowest BCUT2D eigenvalue weighted by atomic mass is 10.1. The van der Waals surface area contributed by atoms with Crippen LogP contribution in [0.5, 0.6) is 5.75 Å². The van der Waals surface area contributed by atoms with Crippen molar-refractivity contribution < 1.29 is 22.6 Å². The average molecular weight is 275 g/mol. The van der Waals surface area contributed by atoms with E-state index in [1.165, 1.54) is 0 Å². The van der Waals surface area contributed by atoms with Crippen molar-refractivity contribution in [1.29, 1.82) is 0 Å². The molecule has 1 aromatic carbocycles. The molecule has 0 aliphatic carbocycles. The van der Waals surface area contributed by atoms with Crippen LogP contribution in [0.25, 0.3) is 0 Å². The van der Waals surface area contributed by atoms with Gasteiger partial charge < -0.3 is 14.8 Å². The zero-order valence-corrected chi connectivity index (χ0v) is 10.4. The molecule has 3 nitrogen and oxygen atoms in total. The number of fused-ring (bicyclic) bond motifs is 1. The molecule has 0 bridgehead atoms. The Balaban J connectivity index is 1.63. The quantitative estimate of drug-likeness (QED) is 0.810. The molecule has 1 atom stereocenters. The van der Waals surface area contributed by atoms with Gasteiger partial charge in [0.15, 0.2) is 0 Å². The fraction of sp³-hybridized carbons (Fsp3) is 0.538. The van der Waals surface area contributed by atoms with E-state index in [9.17, 15) is 13.2 Å². The molecule has 0 amide bonds. The molecule has 1 aliphatic rings. The maximum Gasteiger partial charge on any atom is 0.411 e. The van der Waals surface area contributed by atoms with Crippen LogP contribution in [0, 0.1) is 0 Å². The number of nitrogens with one attached hydrogen (secondary N) is 1. The molecular formula is C13H16F3NO2. The van der Waals surface area contributed by atoms with E-state index in [0.717, 1.165) is 11.3 Å². The van der Waals surface area contributed by atoms with Crippen molar-refractivity contribution in [2.75, 3.05) is 26.4 Å². The topological polar surface area (TPSA) is 30.5 Å².